The first-order chi connectivity index (χ1) is 12.3. The fraction of sp³-hybridized carbons (Fsp3) is 0.389. The van der Waals surface area contributed by atoms with E-state index in [-0.39, 0.29) is 0 Å². The highest BCUT2D eigenvalue weighted by Crippen LogP contribution is 2.33. The summed E-state index contributed by atoms with van der Waals surface area (Å²) in [5.41, 5.74) is 2.22. The summed E-state index contributed by atoms with van der Waals surface area (Å²) in [5, 5.41) is 14.2. The van der Waals surface area contributed by atoms with Crippen molar-refractivity contribution in [2.75, 3.05) is 13.7 Å². The standard InChI is InChI=1S/C18H21N5OS/c1-23(12-15-7-8-17(25-15)16-6-3-9-24-16)11-13-4-2-5-14(10-13)18-19-21-22-20-18/h2,4-5,7-8,10,16H,3,6,9,11-12H2,1H3,(H,19,20,21,22). The molecular formula is C18H21N5OS. The Morgan fingerprint density at radius 2 is 2.24 bits per heavy atom. The molecule has 0 saturated carbocycles. The van der Waals surface area contributed by atoms with E-state index in [4.69, 9.17) is 4.74 Å². The van der Waals surface area contributed by atoms with Gasteiger partial charge >= 0.3 is 0 Å². The molecule has 0 radical (unpaired) electrons. The second kappa shape index (κ2) is 7.43. The third-order valence-corrected chi connectivity index (χ3v) is 5.50. The van der Waals surface area contributed by atoms with Crippen LogP contribution in [-0.2, 0) is 17.8 Å². The summed E-state index contributed by atoms with van der Waals surface area (Å²) in [5.74, 6) is 0.629. The van der Waals surface area contributed by atoms with Crippen molar-refractivity contribution in [3.05, 3.63) is 51.7 Å². The van der Waals surface area contributed by atoms with Crippen molar-refractivity contribution in [1.82, 2.24) is 25.5 Å². The van der Waals surface area contributed by atoms with E-state index in [1.807, 2.05) is 23.5 Å². The Bertz CT molecular complexity index is 811. The molecule has 1 atom stereocenters. The van der Waals surface area contributed by atoms with E-state index in [1.165, 1.54) is 21.7 Å². The number of aromatic amines is 1. The van der Waals surface area contributed by atoms with Gasteiger partial charge in [-0.05, 0) is 48.9 Å². The number of tetrazole rings is 1. The Labute approximate surface area is 150 Å². The zero-order valence-electron chi connectivity index (χ0n) is 14.2. The van der Waals surface area contributed by atoms with Gasteiger partial charge in [0.1, 0.15) is 0 Å². The van der Waals surface area contributed by atoms with Crippen LogP contribution in [0.5, 0.6) is 0 Å². The summed E-state index contributed by atoms with van der Waals surface area (Å²) in [6, 6.07) is 12.7. The van der Waals surface area contributed by atoms with E-state index in [2.05, 4.69) is 56.8 Å². The quantitative estimate of drug-likeness (QED) is 0.734. The molecular weight excluding hydrogens is 334 g/mol. The van der Waals surface area contributed by atoms with Crippen LogP contribution in [0.15, 0.2) is 36.4 Å². The second-order valence-electron chi connectivity index (χ2n) is 6.41. The van der Waals surface area contributed by atoms with Gasteiger partial charge in [0, 0.05) is 35.0 Å². The molecule has 1 fully saturated rings. The molecule has 1 saturated heterocycles. The summed E-state index contributed by atoms with van der Waals surface area (Å²) in [6.45, 7) is 2.71. The van der Waals surface area contributed by atoms with E-state index in [1.54, 1.807) is 0 Å². The van der Waals surface area contributed by atoms with Crippen LogP contribution in [0.25, 0.3) is 11.4 Å². The normalized spacial score (nSPS) is 17.4. The molecule has 130 valence electrons. The molecule has 2 aromatic heterocycles. The van der Waals surface area contributed by atoms with E-state index in [9.17, 15) is 0 Å². The largest absolute Gasteiger partial charge is 0.373 e. The lowest BCUT2D eigenvalue weighted by Crippen LogP contribution is -2.16. The number of benzene rings is 1. The molecule has 6 nitrogen and oxygen atoms in total. The Balaban J connectivity index is 1.39. The lowest BCUT2D eigenvalue weighted by atomic mass is 10.1. The van der Waals surface area contributed by atoms with Crippen molar-refractivity contribution in [2.45, 2.75) is 32.0 Å². The molecule has 1 aliphatic rings. The van der Waals surface area contributed by atoms with Crippen molar-refractivity contribution >= 4 is 11.3 Å². The molecule has 1 aliphatic heterocycles. The second-order valence-corrected chi connectivity index (χ2v) is 7.61. The van der Waals surface area contributed by atoms with Crippen molar-refractivity contribution in [3.63, 3.8) is 0 Å². The van der Waals surface area contributed by atoms with Crippen molar-refractivity contribution in [2.24, 2.45) is 0 Å². The molecule has 3 heterocycles. The monoisotopic (exact) mass is 355 g/mol. The molecule has 0 aliphatic carbocycles. The van der Waals surface area contributed by atoms with E-state index >= 15 is 0 Å². The third-order valence-electron chi connectivity index (χ3n) is 4.34. The molecule has 0 bridgehead atoms. The van der Waals surface area contributed by atoms with E-state index in [0.29, 0.717) is 11.9 Å². The van der Waals surface area contributed by atoms with Crippen LogP contribution in [0.2, 0.25) is 0 Å². The molecule has 0 amide bonds. The van der Waals surface area contributed by atoms with Crippen molar-refractivity contribution in [3.8, 4) is 11.4 Å². The van der Waals surface area contributed by atoms with Gasteiger partial charge in [0.25, 0.3) is 0 Å². The maximum atomic E-state index is 5.78. The van der Waals surface area contributed by atoms with Crippen LogP contribution in [-0.4, -0.2) is 39.2 Å². The predicted molar refractivity (Wildman–Crippen MR) is 97.0 cm³/mol. The summed E-state index contributed by atoms with van der Waals surface area (Å²) >= 11 is 1.87. The lowest BCUT2D eigenvalue weighted by molar-refractivity contribution is 0.114. The number of aromatic nitrogens is 4. The Kier molecular flexibility index (Phi) is 4.87. The zero-order chi connectivity index (χ0) is 17.1. The summed E-state index contributed by atoms with van der Waals surface area (Å²) < 4.78 is 5.78. The first-order valence-electron chi connectivity index (χ1n) is 8.49. The number of ether oxygens (including phenoxy) is 1. The van der Waals surface area contributed by atoms with Gasteiger partial charge in [0.15, 0.2) is 0 Å². The predicted octanol–water partition coefficient (Wildman–Crippen LogP) is 3.41. The fourth-order valence-electron chi connectivity index (χ4n) is 3.18. The number of thiophene rings is 1. The van der Waals surface area contributed by atoms with Crippen LogP contribution < -0.4 is 0 Å². The lowest BCUT2D eigenvalue weighted by Gasteiger charge is -2.16. The highest BCUT2D eigenvalue weighted by atomic mass is 32.1. The maximum Gasteiger partial charge on any atom is 0.204 e. The number of hydrogen-bond acceptors (Lipinski definition) is 6. The summed E-state index contributed by atoms with van der Waals surface area (Å²) in [4.78, 5) is 5.06. The molecule has 0 spiro atoms. The van der Waals surface area contributed by atoms with Gasteiger partial charge in [-0.1, -0.05) is 18.2 Å². The summed E-state index contributed by atoms with van der Waals surface area (Å²) in [6.07, 6.45) is 2.64. The van der Waals surface area contributed by atoms with Gasteiger partial charge < -0.3 is 4.74 Å². The van der Waals surface area contributed by atoms with Crippen LogP contribution in [0.3, 0.4) is 0 Å². The Morgan fingerprint density at radius 1 is 1.28 bits per heavy atom. The SMILES string of the molecule is CN(Cc1cccc(-c2nn[nH]n2)c1)Cc1ccc(C2CCCO2)s1. The number of nitrogens with zero attached hydrogens (tertiary/aromatic N) is 4. The third kappa shape index (κ3) is 3.95. The van der Waals surface area contributed by atoms with Crippen LogP contribution in [0.4, 0.5) is 0 Å². The summed E-state index contributed by atoms with van der Waals surface area (Å²) in [7, 11) is 2.15. The average molecular weight is 355 g/mol. The molecule has 4 rings (SSSR count). The Hall–Kier alpha value is -2.09. The fourth-order valence-corrected chi connectivity index (χ4v) is 4.36. The Morgan fingerprint density at radius 3 is 3.04 bits per heavy atom. The number of hydrogen-bond donors (Lipinski definition) is 1. The highest BCUT2D eigenvalue weighted by molar-refractivity contribution is 7.12. The minimum absolute atomic E-state index is 0.315. The van der Waals surface area contributed by atoms with Crippen molar-refractivity contribution < 1.29 is 4.74 Å². The molecule has 25 heavy (non-hydrogen) atoms. The van der Waals surface area contributed by atoms with Gasteiger partial charge in [-0.25, -0.2) is 0 Å². The highest BCUT2D eigenvalue weighted by Gasteiger charge is 2.19. The van der Waals surface area contributed by atoms with Crippen LogP contribution in [0.1, 0.15) is 34.3 Å². The molecule has 3 aromatic rings. The number of nitrogens with one attached hydrogen (secondary N) is 1. The van der Waals surface area contributed by atoms with Crippen LogP contribution >= 0.6 is 11.3 Å². The first-order valence-corrected chi connectivity index (χ1v) is 9.31. The molecule has 1 unspecified atom stereocenters. The topological polar surface area (TPSA) is 66.9 Å². The van der Waals surface area contributed by atoms with E-state index < -0.39 is 0 Å². The zero-order valence-corrected chi connectivity index (χ0v) is 15.0. The van der Waals surface area contributed by atoms with Gasteiger partial charge in [-0.15, -0.1) is 21.5 Å². The van der Waals surface area contributed by atoms with Gasteiger partial charge in [-0.3, -0.25) is 4.90 Å². The number of H-pyrrole nitrogens is 1. The minimum Gasteiger partial charge on any atom is -0.373 e. The first kappa shape index (κ1) is 16.4. The van der Waals surface area contributed by atoms with Gasteiger partial charge in [-0.2, -0.15) is 5.21 Å². The van der Waals surface area contributed by atoms with Gasteiger partial charge in [0.2, 0.25) is 5.82 Å². The van der Waals surface area contributed by atoms with Crippen LogP contribution in [0, 0.1) is 0 Å². The maximum absolute atomic E-state index is 5.78. The molecule has 1 N–H and O–H groups in total. The molecule has 1 aromatic carbocycles. The number of rotatable bonds is 6. The van der Waals surface area contributed by atoms with Gasteiger partial charge in [0.05, 0.1) is 6.10 Å². The molecule has 7 heteroatoms. The van der Waals surface area contributed by atoms with Crippen molar-refractivity contribution in [1.29, 1.82) is 0 Å². The smallest absolute Gasteiger partial charge is 0.204 e. The minimum atomic E-state index is 0.315. The average Bonchev–Trinajstić information content (AvgIpc) is 3.37. The van der Waals surface area contributed by atoms with E-state index in [0.717, 1.165) is 31.7 Å².